The topological polar surface area (TPSA) is 21.3 Å². The Hall–Kier alpha value is -0.280. The minimum atomic E-state index is 0.270. The van der Waals surface area contributed by atoms with Crippen LogP contribution in [0.1, 0.15) is 32.8 Å². The minimum Gasteiger partial charge on any atom is -0.379 e. The number of hydrogen-bond acceptors (Lipinski definition) is 2. The predicted molar refractivity (Wildman–Crippen MR) is 83.3 cm³/mol. The Labute approximate surface area is 126 Å². The maximum absolute atomic E-state index is 6.21. The number of ether oxygens (including phenoxy) is 1. The van der Waals surface area contributed by atoms with Gasteiger partial charge in [0.1, 0.15) is 0 Å². The van der Waals surface area contributed by atoms with E-state index < -0.39 is 0 Å². The van der Waals surface area contributed by atoms with E-state index in [9.17, 15) is 0 Å². The van der Waals surface area contributed by atoms with Gasteiger partial charge in [-0.3, -0.25) is 0 Å². The number of rotatable bonds is 8. The molecule has 0 spiro atoms. The smallest absolute Gasteiger partial charge is 0.0518 e. The zero-order valence-electron chi connectivity index (χ0n) is 11.9. The van der Waals surface area contributed by atoms with Crippen molar-refractivity contribution >= 4 is 23.2 Å². The molecule has 1 aromatic carbocycles. The normalized spacial score (nSPS) is 12.9. The van der Waals surface area contributed by atoms with Crippen molar-refractivity contribution in [1.82, 2.24) is 5.32 Å². The van der Waals surface area contributed by atoms with Gasteiger partial charge in [-0.2, -0.15) is 0 Å². The summed E-state index contributed by atoms with van der Waals surface area (Å²) in [5.74, 6) is 0. The fraction of sp³-hybridized carbons (Fsp3) is 0.600. The zero-order chi connectivity index (χ0) is 14.3. The first-order valence-corrected chi connectivity index (χ1v) is 7.58. The third-order valence-electron chi connectivity index (χ3n) is 2.92. The van der Waals surface area contributed by atoms with E-state index in [0.717, 1.165) is 41.6 Å². The van der Waals surface area contributed by atoms with Crippen LogP contribution in [0.25, 0.3) is 0 Å². The summed E-state index contributed by atoms with van der Waals surface area (Å²) in [7, 11) is 0. The molecule has 0 heterocycles. The van der Waals surface area contributed by atoms with Gasteiger partial charge in [-0.1, -0.05) is 36.2 Å². The first kappa shape index (κ1) is 16.8. The van der Waals surface area contributed by atoms with Crippen molar-refractivity contribution in [3.8, 4) is 0 Å². The molecule has 0 saturated heterocycles. The van der Waals surface area contributed by atoms with Crippen molar-refractivity contribution < 1.29 is 4.74 Å². The van der Waals surface area contributed by atoms with Crippen LogP contribution in [-0.4, -0.2) is 25.3 Å². The van der Waals surface area contributed by atoms with Crippen LogP contribution >= 0.6 is 23.2 Å². The van der Waals surface area contributed by atoms with Crippen LogP contribution < -0.4 is 5.32 Å². The van der Waals surface area contributed by atoms with E-state index in [0.29, 0.717) is 6.04 Å². The third-order valence-corrected chi connectivity index (χ3v) is 3.63. The Morgan fingerprint density at radius 2 is 1.84 bits per heavy atom. The molecule has 0 fully saturated rings. The summed E-state index contributed by atoms with van der Waals surface area (Å²) in [6, 6.07) is 5.98. The molecule has 4 heteroatoms. The molecule has 0 saturated carbocycles. The van der Waals surface area contributed by atoms with Gasteiger partial charge in [0.15, 0.2) is 0 Å². The van der Waals surface area contributed by atoms with Gasteiger partial charge in [-0.15, -0.1) is 0 Å². The summed E-state index contributed by atoms with van der Waals surface area (Å²) in [5, 5.41) is 4.93. The number of hydrogen-bond donors (Lipinski definition) is 1. The summed E-state index contributed by atoms with van der Waals surface area (Å²) in [6.07, 6.45) is 2.05. The zero-order valence-corrected chi connectivity index (χ0v) is 13.4. The first-order chi connectivity index (χ1) is 9.04. The number of halogens is 2. The van der Waals surface area contributed by atoms with E-state index >= 15 is 0 Å². The molecule has 0 radical (unpaired) electrons. The van der Waals surface area contributed by atoms with Crippen LogP contribution in [-0.2, 0) is 11.2 Å². The summed E-state index contributed by atoms with van der Waals surface area (Å²) in [5.41, 5.74) is 1.02. The predicted octanol–water partition coefficient (Wildman–Crippen LogP) is 4.33. The van der Waals surface area contributed by atoms with Crippen LogP contribution in [0.3, 0.4) is 0 Å². The lowest BCUT2D eigenvalue weighted by atomic mass is 10.0. The lowest BCUT2D eigenvalue weighted by Crippen LogP contribution is -2.32. The van der Waals surface area contributed by atoms with Gasteiger partial charge in [-0.05, 0) is 50.9 Å². The lowest BCUT2D eigenvalue weighted by Gasteiger charge is -2.20. The van der Waals surface area contributed by atoms with E-state index in [2.05, 4.69) is 12.2 Å². The Morgan fingerprint density at radius 1 is 1.21 bits per heavy atom. The van der Waals surface area contributed by atoms with Crippen molar-refractivity contribution in [2.75, 3.05) is 13.2 Å². The molecule has 0 aliphatic rings. The molecule has 0 aliphatic heterocycles. The van der Waals surface area contributed by atoms with Crippen molar-refractivity contribution in [3.05, 3.63) is 33.8 Å². The molecule has 0 bridgehead atoms. The van der Waals surface area contributed by atoms with Crippen LogP contribution in [0.15, 0.2) is 18.2 Å². The average molecular weight is 304 g/mol. The molecule has 1 aromatic rings. The fourth-order valence-corrected chi connectivity index (χ4v) is 2.54. The molecule has 1 N–H and O–H groups in total. The van der Waals surface area contributed by atoms with Crippen LogP contribution in [0.2, 0.25) is 10.0 Å². The lowest BCUT2D eigenvalue weighted by molar-refractivity contribution is 0.0716. The highest BCUT2D eigenvalue weighted by molar-refractivity contribution is 6.35. The highest BCUT2D eigenvalue weighted by atomic mass is 35.5. The van der Waals surface area contributed by atoms with Gasteiger partial charge in [0.05, 0.1) is 6.10 Å². The van der Waals surface area contributed by atoms with Gasteiger partial charge in [0, 0.05) is 22.7 Å². The van der Waals surface area contributed by atoms with Gasteiger partial charge in [-0.25, -0.2) is 0 Å². The van der Waals surface area contributed by atoms with E-state index in [1.807, 2.05) is 32.0 Å². The van der Waals surface area contributed by atoms with Gasteiger partial charge >= 0.3 is 0 Å². The Morgan fingerprint density at radius 3 is 2.37 bits per heavy atom. The molecule has 108 valence electrons. The standard InChI is InChI=1S/C15H23Cl2NO/c1-4-18-12(8-9-19-11(2)3)10-13-14(16)6-5-7-15(13)17/h5-7,11-12,18H,4,8-10H2,1-3H3. The fourth-order valence-electron chi connectivity index (χ4n) is 1.98. The third kappa shape index (κ3) is 6.13. The van der Waals surface area contributed by atoms with Gasteiger partial charge in [0.2, 0.25) is 0 Å². The maximum Gasteiger partial charge on any atom is 0.0518 e. The summed E-state index contributed by atoms with van der Waals surface area (Å²) < 4.78 is 5.61. The SMILES string of the molecule is CCNC(CCOC(C)C)Cc1c(Cl)cccc1Cl. The molecular weight excluding hydrogens is 281 g/mol. The van der Waals surface area contributed by atoms with Crippen molar-refractivity contribution in [3.63, 3.8) is 0 Å². The molecule has 0 amide bonds. The molecule has 2 nitrogen and oxygen atoms in total. The molecule has 1 unspecified atom stereocenters. The summed E-state index contributed by atoms with van der Waals surface area (Å²) in [6.45, 7) is 7.87. The second kappa shape index (κ2) is 8.80. The van der Waals surface area contributed by atoms with E-state index in [1.165, 1.54) is 0 Å². The van der Waals surface area contributed by atoms with E-state index in [1.54, 1.807) is 0 Å². The largest absolute Gasteiger partial charge is 0.379 e. The van der Waals surface area contributed by atoms with Crippen molar-refractivity contribution in [1.29, 1.82) is 0 Å². The Kier molecular flexibility index (Phi) is 7.77. The Balaban J connectivity index is 2.62. The van der Waals surface area contributed by atoms with Crippen LogP contribution in [0.5, 0.6) is 0 Å². The van der Waals surface area contributed by atoms with E-state index in [4.69, 9.17) is 27.9 Å². The molecule has 0 aliphatic carbocycles. The minimum absolute atomic E-state index is 0.270. The Bertz CT molecular complexity index is 362. The number of nitrogens with one attached hydrogen (secondary N) is 1. The highest BCUT2D eigenvalue weighted by Crippen LogP contribution is 2.26. The second-order valence-corrected chi connectivity index (χ2v) is 5.68. The average Bonchev–Trinajstić information content (AvgIpc) is 2.33. The number of likely N-dealkylation sites (N-methyl/N-ethyl adjacent to an activating group) is 1. The van der Waals surface area contributed by atoms with Crippen molar-refractivity contribution in [2.24, 2.45) is 0 Å². The monoisotopic (exact) mass is 303 g/mol. The van der Waals surface area contributed by atoms with Crippen LogP contribution in [0.4, 0.5) is 0 Å². The molecule has 0 aromatic heterocycles. The number of benzene rings is 1. The first-order valence-electron chi connectivity index (χ1n) is 6.82. The molecule has 1 rings (SSSR count). The molecule has 1 atom stereocenters. The molecule has 19 heavy (non-hydrogen) atoms. The summed E-state index contributed by atoms with van der Waals surface area (Å²) in [4.78, 5) is 0. The highest BCUT2D eigenvalue weighted by Gasteiger charge is 2.13. The molecular formula is C15H23Cl2NO. The second-order valence-electron chi connectivity index (χ2n) is 4.87. The van der Waals surface area contributed by atoms with Gasteiger partial charge < -0.3 is 10.1 Å². The van der Waals surface area contributed by atoms with E-state index in [-0.39, 0.29) is 6.10 Å². The summed E-state index contributed by atoms with van der Waals surface area (Å²) >= 11 is 12.4. The van der Waals surface area contributed by atoms with Crippen molar-refractivity contribution in [2.45, 2.75) is 45.8 Å². The maximum atomic E-state index is 6.21. The van der Waals surface area contributed by atoms with Gasteiger partial charge in [0.25, 0.3) is 0 Å². The quantitative estimate of drug-likeness (QED) is 0.772. The van der Waals surface area contributed by atoms with Crippen LogP contribution in [0, 0.1) is 0 Å².